The van der Waals surface area contributed by atoms with Crippen LogP contribution in [0.1, 0.15) is 5.56 Å². The highest BCUT2D eigenvalue weighted by atomic mass is 16.5. The minimum absolute atomic E-state index is 0.551. The lowest BCUT2D eigenvalue weighted by atomic mass is 10.1. The number of ether oxygens (including phenoxy) is 1. The molecule has 0 bridgehead atoms. The highest BCUT2D eigenvalue weighted by molar-refractivity contribution is 5.83. The van der Waals surface area contributed by atoms with Crippen molar-refractivity contribution < 1.29 is 4.74 Å². The summed E-state index contributed by atoms with van der Waals surface area (Å²) in [6.07, 6.45) is 3.69. The molecule has 0 aliphatic carbocycles. The van der Waals surface area contributed by atoms with Crippen LogP contribution in [0.25, 0.3) is 10.9 Å². The Morgan fingerprint density at radius 2 is 2.36 bits per heavy atom. The molecule has 0 radical (unpaired) electrons. The van der Waals surface area contributed by atoms with Crippen molar-refractivity contribution in [3.05, 3.63) is 42.6 Å². The number of hydrogen-bond donors (Lipinski definition) is 1. The highest BCUT2D eigenvalue weighted by Crippen LogP contribution is 2.23. The molecule has 0 atom stereocenters. The number of rotatable bonds is 3. The zero-order valence-electron chi connectivity index (χ0n) is 8.21. The predicted octanol–water partition coefficient (Wildman–Crippen LogP) is 3.04. The normalized spacial score (nSPS) is 10.4. The van der Waals surface area contributed by atoms with Gasteiger partial charge >= 0.3 is 0 Å². The standard InChI is InChI=1S/C12H13NO/c1-3-6-14-11-7-9(2)12-10(8-11)4-5-13-12/h3-5,7-8,13H,1,6H2,2H3. The number of nitrogens with one attached hydrogen (secondary N) is 1. The van der Waals surface area contributed by atoms with E-state index >= 15 is 0 Å². The third kappa shape index (κ3) is 1.51. The van der Waals surface area contributed by atoms with Gasteiger partial charge < -0.3 is 9.72 Å². The fourth-order valence-electron chi connectivity index (χ4n) is 1.56. The van der Waals surface area contributed by atoms with Crippen molar-refractivity contribution in [2.45, 2.75) is 6.92 Å². The fraction of sp³-hybridized carbons (Fsp3) is 0.167. The Balaban J connectivity index is 2.42. The number of fused-ring (bicyclic) bond motifs is 1. The van der Waals surface area contributed by atoms with Crippen molar-refractivity contribution in [1.29, 1.82) is 0 Å². The summed E-state index contributed by atoms with van der Waals surface area (Å²) in [7, 11) is 0. The van der Waals surface area contributed by atoms with Gasteiger partial charge in [-0.15, -0.1) is 0 Å². The first kappa shape index (κ1) is 8.88. The molecule has 1 aromatic carbocycles. The van der Waals surface area contributed by atoms with Crippen molar-refractivity contribution in [2.24, 2.45) is 0 Å². The molecule has 72 valence electrons. The van der Waals surface area contributed by atoms with Gasteiger partial charge in [0.25, 0.3) is 0 Å². The smallest absolute Gasteiger partial charge is 0.120 e. The summed E-state index contributed by atoms with van der Waals surface area (Å²) >= 11 is 0. The van der Waals surface area contributed by atoms with E-state index < -0.39 is 0 Å². The van der Waals surface area contributed by atoms with Gasteiger partial charge in [-0.05, 0) is 30.7 Å². The average molecular weight is 187 g/mol. The van der Waals surface area contributed by atoms with E-state index in [0.717, 1.165) is 5.75 Å². The van der Waals surface area contributed by atoms with Crippen LogP contribution in [0.3, 0.4) is 0 Å². The van der Waals surface area contributed by atoms with E-state index in [9.17, 15) is 0 Å². The topological polar surface area (TPSA) is 25.0 Å². The number of aromatic nitrogens is 1. The fourth-order valence-corrected chi connectivity index (χ4v) is 1.56. The number of benzene rings is 1. The monoisotopic (exact) mass is 187 g/mol. The number of aryl methyl sites for hydroxylation is 1. The minimum Gasteiger partial charge on any atom is -0.490 e. The molecule has 2 aromatic rings. The molecule has 2 heteroatoms. The van der Waals surface area contributed by atoms with E-state index in [4.69, 9.17) is 4.74 Å². The molecule has 0 aliphatic rings. The van der Waals surface area contributed by atoms with Gasteiger partial charge in [0, 0.05) is 17.1 Å². The molecular formula is C12H13NO. The van der Waals surface area contributed by atoms with E-state index in [1.807, 2.05) is 24.4 Å². The molecule has 2 rings (SSSR count). The molecule has 0 aliphatic heterocycles. The molecule has 14 heavy (non-hydrogen) atoms. The molecule has 0 spiro atoms. The Bertz CT molecular complexity index is 456. The lowest BCUT2D eigenvalue weighted by Gasteiger charge is -2.05. The van der Waals surface area contributed by atoms with E-state index in [-0.39, 0.29) is 0 Å². The zero-order chi connectivity index (χ0) is 9.97. The SMILES string of the molecule is C=CCOc1cc(C)c2[nH]ccc2c1. The lowest BCUT2D eigenvalue weighted by Crippen LogP contribution is -1.93. The van der Waals surface area contributed by atoms with Gasteiger partial charge in [-0.3, -0.25) is 0 Å². The first-order valence-electron chi connectivity index (χ1n) is 4.62. The highest BCUT2D eigenvalue weighted by Gasteiger charge is 2.01. The number of hydrogen-bond acceptors (Lipinski definition) is 1. The summed E-state index contributed by atoms with van der Waals surface area (Å²) in [5, 5.41) is 1.18. The van der Waals surface area contributed by atoms with E-state index in [1.165, 1.54) is 16.5 Å². The summed E-state index contributed by atoms with van der Waals surface area (Å²) in [5.74, 6) is 0.898. The summed E-state index contributed by atoms with van der Waals surface area (Å²) < 4.78 is 5.48. The van der Waals surface area contributed by atoms with Crippen molar-refractivity contribution in [3.8, 4) is 5.75 Å². The Hall–Kier alpha value is -1.70. The molecule has 0 unspecified atom stereocenters. The van der Waals surface area contributed by atoms with Crippen molar-refractivity contribution in [3.63, 3.8) is 0 Å². The van der Waals surface area contributed by atoms with Crippen LogP contribution in [0, 0.1) is 6.92 Å². The van der Waals surface area contributed by atoms with Gasteiger partial charge in [0.1, 0.15) is 12.4 Å². The maximum Gasteiger partial charge on any atom is 0.120 e. The van der Waals surface area contributed by atoms with Crippen LogP contribution in [0.2, 0.25) is 0 Å². The van der Waals surface area contributed by atoms with E-state index in [1.54, 1.807) is 6.08 Å². The summed E-state index contributed by atoms with van der Waals surface area (Å²) in [5.41, 5.74) is 2.38. The minimum atomic E-state index is 0.551. The maximum atomic E-state index is 5.48. The zero-order valence-corrected chi connectivity index (χ0v) is 8.21. The van der Waals surface area contributed by atoms with Gasteiger partial charge in [0.2, 0.25) is 0 Å². The molecule has 0 saturated heterocycles. The van der Waals surface area contributed by atoms with E-state index in [0.29, 0.717) is 6.61 Å². The third-order valence-corrected chi connectivity index (χ3v) is 2.20. The van der Waals surface area contributed by atoms with Crippen LogP contribution < -0.4 is 4.74 Å². The number of H-pyrrole nitrogens is 1. The van der Waals surface area contributed by atoms with Crippen molar-refractivity contribution in [1.82, 2.24) is 4.98 Å². The van der Waals surface area contributed by atoms with Crippen LogP contribution in [-0.2, 0) is 0 Å². The van der Waals surface area contributed by atoms with Crippen LogP contribution >= 0.6 is 0 Å². The molecular weight excluding hydrogens is 174 g/mol. The largest absolute Gasteiger partial charge is 0.490 e. The van der Waals surface area contributed by atoms with Crippen molar-refractivity contribution in [2.75, 3.05) is 6.61 Å². The quantitative estimate of drug-likeness (QED) is 0.734. The van der Waals surface area contributed by atoms with Crippen LogP contribution in [-0.4, -0.2) is 11.6 Å². The lowest BCUT2D eigenvalue weighted by molar-refractivity contribution is 0.363. The Kier molecular flexibility index (Phi) is 2.27. The molecule has 1 heterocycles. The molecule has 2 nitrogen and oxygen atoms in total. The first-order valence-corrected chi connectivity index (χ1v) is 4.62. The summed E-state index contributed by atoms with van der Waals surface area (Å²) in [6.45, 7) is 6.24. The maximum absolute atomic E-state index is 5.48. The average Bonchev–Trinajstić information content (AvgIpc) is 2.63. The molecule has 1 aromatic heterocycles. The Morgan fingerprint density at radius 3 is 3.14 bits per heavy atom. The molecule has 0 amide bonds. The van der Waals surface area contributed by atoms with Gasteiger partial charge in [0.05, 0.1) is 0 Å². The molecule has 0 fully saturated rings. The van der Waals surface area contributed by atoms with Gasteiger partial charge in [-0.1, -0.05) is 12.7 Å². The van der Waals surface area contributed by atoms with Crippen molar-refractivity contribution >= 4 is 10.9 Å². The summed E-state index contributed by atoms with van der Waals surface area (Å²) in [6, 6.07) is 6.10. The second-order valence-corrected chi connectivity index (χ2v) is 3.28. The van der Waals surface area contributed by atoms with Crippen LogP contribution in [0.4, 0.5) is 0 Å². The van der Waals surface area contributed by atoms with Crippen LogP contribution in [0.5, 0.6) is 5.75 Å². The predicted molar refractivity (Wildman–Crippen MR) is 58.7 cm³/mol. The number of aromatic amines is 1. The third-order valence-electron chi connectivity index (χ3n) is 2.20. The first-order chi connectivity index (χ1) is 6.81. The Labute approximate surface area is 83.2 Å². The van der Waals surface area contributed by atoms with Gasteiger partial charge in [-0.2, -0.15) is 0 Å². The van der Waals surface area contributed by atoms with Gasteiger partial charge in [-0.25, -0.2) is 0 Å². The summed E-state index contributed by atoms with van der Waals surface area (Å²) in [4.78, 5) is 3.20. The molecule has 0 saturated carbocycles. The van der Waals surface area contributed by atoms with Gasteiger partial charge in [0.15, 0.2) is 0 Å². The second kappa shape index (κ2) is 3.58. The molecule has 1 N–H and O–H groups in total. The van der Waals surface area contributed by atoms with Crippen LogP contribution in [0.15, 0.2) is 37.1 Å². The second-order valence-electron chi connectivity index (χ2n) is 3.28. The Morgan fingerprint density at radius 1 is 1.50 bits per heavy atom. The van der Waals surface area contributed by atoms with E-state index in [2.05, 4.69) is 18.5 Å².